The molecule has 0 radical (unpaired) electrons. The number of carbonyl (C=O) groups excluding carboxylic acids is 1. The fourth-order valence-electron chi connectivity index (χ4n) is 3.10. The second-order valence-corrected chi connectivity index (χ2v) is 5.72. The summed E-state index contributed by atoms with van der Waals surface area (Å²) < 4.78 is 18.9. The molecule has 1 amide bonds. The number of nitrogens with zero attached hydrogens (tertiary/aromatic N) is 1. The zero-order valence-corrected chi connectivity index (χ0v) is 13.0. The largest absolute Gasteiger partial charge is 0.497 e. The van der Waals surface area contributed by atoms with Gasteiger partial charge in [-0.3, -0.25) is 9.78 Å². The van der Waals surface area contributed by atoms with E-state index in [2.05, 4.69) is 22.4 Å². The number of hydrogen-bond acceptors (Lipinski definition) is 3. The Bertz CT molecular complexity index is 718. The maximum Gasteiger partial charge on any atom is 0.254 e. The van der Waals surface area contributed by atoms with Gasteiger partial charge in [-0.15, -0.1) is 0 Å². The Balaban J connectivity index is 1.70. The Kier molecular flexibility index (Phi) is 4.55. The summed E-state index contributed by atoms with van der Waals surface area (Å²) in [7, 11) is 1.66. The molecule has 1 aromatic heterocycles. The molecule has 4 nitrogen and oxygen atoms in total. The molecule has 0 spiro atoms. The summed E-state index contributed by atoms with van der Waals surface area (Å²) in [6.07, 6.45) is 5.58. The summed E-state index contributed by atoms with van der Waals surface area (Å²) in [5.74, 6) is 0.107. The maximum atomic E-state index is 13.6. The minimum atomic E-state index is -0.598. The third-order valence-corrected chi connectivity index (χ3v) is 4.31. The molecule has 1 atom stereocenters. The average Bonchev–Trinajstić information content (AvgIpc) is 2.59. The molecule has 1 unspecified atom stereocenters. The molecule has 3 rings (SSSR count). The zero-order chi connectivity index (χ0) is 16.2. The standard InChI is InChI=1S/C18H19FN2O2/c1-23-14-5-6-15-12(9-14)3-2-4-13(15)10-21-18(22)16-7-8-20-11-17(16)19/h5-9,11,13H,2-4,10H2,1H3,(H,21,22). The highest BCUT2D eigenvalue weighted by molar-refractivity contribution is 5.94. The van der Waals surface area contributed by atoms with E-state index in [1.54, 1.807) is 7.11 Å². The van der Waals surface area contributed by atoms with Gasteiger partial charge in [-0.05, 0) is 48.6 Å². The predicted molar refractivity (Wildman–Crippen MR) is 85.2 cm³/mol. The molecule has 120 valence electrons. The van der Waals surface area contributed by atoms with Crippen molar-refractivity contribution in [1.82, 2.24) is 10.3 Å². The third-order valence-electron chi connectivity index (χ3n) is 4.31. The minimum absolute atomic E-state index is 0.0331. The summed E-state index contributed by atoms with van der Waals surface area (Å²) in [6, 6.07) is 7.47. The lowest BCUT2D eigenvalue weighted by Gasteiger charge is -2.26. The first-order chi connectivity index (χ1) is 11.2. The topological polar surface area (TPSA) is 51.2 Å². The summed E-state index contributed by atoms with van der Waals surface area (Å²) in [4.78, 5) is 15.8. The SMILES string of the molecule is COc1ccc2c(c1)CCCC2CNC(=O)c1ccncc1F. The summed E-state index contributed by atoms with van der Waals surface area (Å²) in [6.45, 7) is 0.500. The van der Waals surface area contributed by atoms with Gasteiger partial charge in [0.15, 0.2) is 5.82 Å². The van der Waals surface area contributed by atoms with Crippen LogP contribution in [-0.2, 0) is 6.42 Å². The number of nitrogens with one attached hydrogen (secondary N) is 1. The van der Waals surface area contributed by atoms with E-state index in [-0.39, 0.29) is 11.5 Å². The van der Waals surface area contributed by atoms with Crippen molar-refractivity contribution in [2.45, 2.75) is 25.2 Å². The van der Waals surface area contributed by atoms with Crippen molar-refractivity contribution in [3.63, 3.8) is 0 Å². The van der Waals surface area contributed by atoms with E-state index in [0.717, 1.165) is 31.2 Å². The van der Waals surface area contributed by atoms with E-state index in [1.165, 1.54) is 23.4 Å². The van der Waals surface area contributed by atoms with Crippen LogP contribution in [0.15, 0.2) is 36.7 Å². The third kappa shape index (κ3) is 3.33. The smallest absolute Gasteiger partial charge is 0.254 e. The molecule has 0 saturated carbocycles. The number of ether oxygens (including phenoxy) is 1. The van der Waals surface area contributed by atoms with E-state index < -0.39 is 11.7 Å². The highest BCUT2D eigenvalue weighted by Gasteiger charge is 2.22. The number of pyridine rings is 1. The number of rotatable bonds is 4. The van der Waals surface area contributed by atoms with E-state index in [0.29, 0.717) is 6.54 Å². The molecule has 1 heterocycles. The van der Waals surface area contributed by atoms with E-state index >= 15 is 0 Å². The van der Waals surface area contributed by atoms with Crippen LogP contribution in [0.25, 0.3) is 0 Å². The van der Waals surface area contributed by atoms with Crippen LogP contribution in [-0.4, -0.2) is 24.5 Å². The zero-order valence-electron chi connectivity index (χ0n) is 13.0. The molecule has 0 fully saturated rings. The van der Waals surface area contributed by atoms with Gasteiger partial charge in [-0.1, -0.05) is 6.07 Å². The number of methoxy groups -OCH3 is 1. The van der Waals surface area contributed by atoms with E-state index in [4.69, 9.17) is 4.74 Å². The second kappa shape index (κ2) is 6.77. The minimum Gasteiger partial charge on any atom is -0.497 e. The lowest BCUT2D eigenvalue weighted by atomic mass is 9.82. The molecule has 1 aliphatic carbocycles. The number of hydrogen-bond donors (Lipinski definition) is 1. The van der Waals surface area contributed by atoms with Gasteiger partial charge in [0.2, 0.25) is 0 Å². The van der Waals surface area contributed by atoms with Crippen molar-refractivity contribution < 1.29 is 13.9 Å². The normalized spacial score (nSPS) is 16.5. The molecule has 1 aliphatic rings. The van der Waals surface area contributed by atoms with Gasteiger partial charge in [0.25, 0.3) is 5.91 Å². The molecule has 1 aromatic carbocycles. The van der Waals surface area contributed by atoms with Crippen molar-refractivity contribution in [1.29, 1.82) is 0 Å². The second-order valence-electron chi connectivity index (χ2n) is 5.72. The molecule has 23 heavy (non-hydrogen) atoms. The molecule has 1 N–H and O–H groups in total. The van der Waals surface area contributed by atoms with Crippen LogP contribution < -0.4 is 10.1 Å². The number of halogens is 1. The van der Waals surface area contributed by atoms with Crippen LogP contribution in [0, 0.1) is 5.82 Å². The van der Waals surface area contributed by atoms with E-state index in [9.17, 15) is 9.18 Å². The van der Waals surface area contributed by atoms with Gasteiger partial charge >= 0.3 is 0 Å². The Morgan fingerprint density at radius 1 is 1.43 bits per heavy atom. The molecule has 0 aliphatic heterocycles. The first kappa shape index (κ1) is 15.5. The Morgan fingerprint density at radius 2 is 2.30 bits per heavy atom. The van der Waals surface area contributed by atoms with Gasteiger partial charge in [0, 0.05) is 18.7 Å². The van der Waals surface area contributed by atoms with Crippen molar-refractivity contribution in [2.24, 2.45) is 0 Å². The van der Waals surface area contributed by atoms with Crippen LogP contribution in [0.4, 0.5) is 4.39 Å². The monoisotopic (exact) mass is 314 g/mol. The molecule has 0 bridgehead atoms. The van der Waals surface area contributed by atoms with Crippen molar-refractivity contribution in [3.05, 3.63) is 59.2 Å². The van der Waals surface area contributed by atoms with Crippen LogP contribution in [0.5, 0.6) is 5.75 Å². The molecule has 5 heteroatoms. The Morgan fingerprint density at radius 3 is 3.09 bits per heavy atom. The van der Waals surface area contributed by atoms with Gasteiger partial charge < -0.3 is 10.1 Å². The number of aryl methyl sites for hydroxylation is 1. The van der Waals surface area contributed by atoms with Crippen molar-refractivity contribution in [2.75, 3.05) is 13.7 Å². The summed E-state index contributed by atoms with van der Waals surface area (Å²) in [5, 5.41) is 2.84. The Hall–Kier alpha value is -2.43. The molecular weight excluding hydrogens is 295 g/mol. The van der Waals surface area contributed by atoms with Crippen molar-refractivity contribution in [3.8, 4) is 5.75 Å². The first-order valence-electron chi connectivity index (χ1n) is 7.73. The lowest BCUT2D eigenvalue weighted by molar-refractivity contribution is 0.0946. The predicted octanol–water partition coefficient (Wildman–Crippen LogP) is 3.08. The van der Waals surface area contributed by atoms with Gasteiger partial charge in [0.05, 0.1) is 18.9 Å². The number of benzene rings is 1. The maximum absolute atomic E-state index is 13.6. The fraction of sp³-hybridized carbons (Fsp3) is 0.333. The van der Waals surface area contributed by atoms with Crippen molar-refractivity contribution >= 4 is 5.91 Å². The molecule has 0 saturated heterocycles. The van der Waals surface area contributed by atoms with Gasteiger partial charge in [-0.25, -0.2) is 4.39 Å². The summed E-state index contributed by atoms with van der Waals surface area (Å²) in [5.41, 5.74) is 2.54. The lowest BCUT2D eigenvalue weighted by Crippen LogP contribution is -2.30. The van der Waals surface area contributed by atoms with Crippen LogP contribution in [0.3, 0.4) is 0 Å². The Labute approximate surface area is 134 Å². The quantitative estimate of drug-likeness (QED) is 0.943. The van der Waals surface area contributed by atoms with Gasteiger partial charge in [-0.2, -0.15) is 0 Å². The first-order valence-corrected chi connectivity index (χ1v) is 7.73. The highest BCUT2D eigenvalue weighted by atomic mass is 19.1. The summed E-state index contributed by atoms with van der Waals surface area (Å²) >= 11 is 0. The number of amides is 1. The van der Waals surface area contributed by atoms with Gasteiger partial charge in [0.1, 0.15) is 5.75 Å². The average molecular weight is 314 g/mol. The molecule has 2 aromatic rings. The van der Waals surface area contributed by atoms with Crippen LogP contribution in [0.1, 0.15) is 40.2 Å². The number of carbonyl (C=O) groups is 1. The van der Waals surface area contributed by atoms with Crippen LogP contribution in [0.2, 0.25) is 0 Å². The fourth-order valence-corrected chi connectivity index (χ4v) is 3.10. The number of fused-ring (bicyclic) bond motifs is 1. The van der Waals surface area contributed by atoms with E-state index in [1.807, 2.05) is 6.07 Å². The van der Waals surface area contributed by atoms with Crippen LogP contribution >= 0.6 is 0 Å². The number of aromatic nitrogens is 1. The highest BCUT2D eigenvalue weighted by Crippen LogP contribution is 2.33. The molecular formula is C18H19FN2O2.